The number of rotatable bonds is 12. The summed E-state index contributed by atoms with van der Waals surface area (Å²) in [4.78, 5) is 2.53. The second-order valence-corrected chi connectivity index (χ2v) is 15.8. The summed E-state index contributed by atoms with van der Waals surface area (Å²) < 4.78 is 2.27. The molecule has 0 spiro atoms. The highest BCUT2D eigenvalue weighted by molar-refractivity contribution is 9.11. The zero-order valence-corrected chi connectivity index (χ0v) is 29.0. The molecule has 1 aliphatic carbocycles. The van der Waals surface area contributed by atoms with E-state index in [2.05, 4.69) is 106 Å². The van der Waals surface area contributed by atoms with Gasteiger partial charge in [-0.3, -0.25) is 0 Å². The van der Waals surface area contributed by atoms with Crippen LogP contribution in [0.4, 0.5) is 0 Å². The molecule has 1 aliphatic rings. The first-order valence-corrected chi connectivity index (χ1v) is 18.1. The van der Waals surface area contributed by atoms with Gasteiger partial charge >= 0.3 is 0 Å². The van der Waals surface area contributed by atoms with Crippen molar-refractivity contribution in [2.45, 2.75) is 78.1 Å². The lowest BCUT2D eigenvalue weighted by Gasteiger charge is -2.09. The van der Waals surface area contributed by atoms with Gasteiger partial charge < -0.3 is 0 Å². The lowest BCUT2D eigenvalue weighted by Crippen LogP contribution is -1.91. The first-order valence-electron chi connectivity index (χ1n) is 14.9. The SMILES string of the molecule is CCCCCCc1cc(Br)sc1-c1ccc2c(c1)C(=C(C#N)C#N)c1cc(-c3sc(Br)cc3CCCCCC)ccc1-2. The molecule has 214 valence electrons. The van der Waals surface area contributed by atoms with Crippen molar-refractivity contribution in [3.63, 3.8) is 0 Å². The smallest absolute Gasteiger partial charge is 0.138 e. The normalized spacial score (nSPS) is 11.7. The van der Waals surface area contributed by atoms with E-state index in [0.29, 0.717) is 0 Å². The second-order valence-electron chi connectivity index (χ2n) is 10.9. The van der Waals surface area contributed by atoms with E-state index in [1.807, 2.05) is 0 Å². The van der Waals surface area contributed by atoms with Gasteiger partial charge in [-0.1, -0.05) is 76.6 Å². The number of fused-ring (bicyclic) bond motifs is 3. The van der Waals surface area contributed by atoms with Gasteiger partial charge in [0.15, 0.2) is 0 Å². The quantitative estimate of drug-likeness (QED) is 0.0952. The highest BCUT2D eigenvalue weighted by Gasteiger charge is 2.28. The molecule has 0 atom stereocenters. The van der Waals surface area contributed by atoms with Crippen molar-refractivity contribution in [2.75, 3.05) is 0 Å². The van der Waals surface area contributed by atoms with Gasteiger partial charge in [-0.25, -0.2) is 0 Å². The number of halogens is 2. The second kappa shape index (κ2) is 14.3. The number of nitrogens with zero attached hydrogens (tertiary/aromatic N) is 2. The number of allylic oxidation sites excluding steroid dienone is 1. The van der Waals surface area contributed by atoms with E-state index >= 15 is 0 Å². The van der Waals surface area contributed by atoms with Crippen LogP contribution in [0.3, 0.4) is 0 Å². The van der Waals surface area contributed by atoms with Gasteiger partial charge in [-0.2, -0.15) is 10.5 Å². The standard InChI is InChI=1S/C36H34Br2N2S2/c1-3-5-7-9-11-23-19-32(37)41-35(23)25-13-15-28-29-16-14-26(18-31(29)34(30(28)17-25)27(21-39)22-40)36-24(20-33(38)42-36)12-10-8-6-4-2/h13-20H,3-12H2,1-2H3. The summed E-state index contributed by atoms with van der Waals surface area (Å²) in [6, 6.07) is 22.1. The number of nitriles is 2. The fourth-order valence-electron chi connectivity index (χ4n) is 5.94. The van der Waals surface area contributed by atoms with Crippen LogP contribution in [0.1, 0.15) is 87.5 Å². The molecule has 5 rings (SSSR count). The van der Waals surface area contributed by atoms with Crippen LogP contribution in [-0.4, -0.2) is 0 Å². The van der Waals surface area contributed by atoms with Crippen LogP contribution < -0.4 is 0 Å². The summed E-state index contributed by atoms with van der Waals surface area (Å²) in [5, 5.41) is 20.1. The lowest BCUT2D eigenvalue weighted by molar-refractivity contribution is 0.668. The first kappa shape index (κ1) is 31.0. The summed E-state index contributed by atoms with van der Waals surface area (Å²) in [6.45, 7) is 4.49. The molecule has 2 nitrogen and oxygen atoms in total. The summed E-state index contributed by atoms with van der Waals surface area (Å²) in [5.74, 6) is 0. The van der Waals surface area contributed by atoms with Gasteiger partial charge in [0.05, 0.1) is 7.57 Å². The predicted molar refractivity (Wildman–Crippen MR) is 187 cm³/mol. The number of hydrogen-bond acceptors (Lipinski definition) is 4. The molecule has 4 aromatic rings. The molecular weight excluding hydrogens is 684 g/mol. The van der Waals surface area contributed by atoms with E-state index in [-0.39, 0.29) is 5.57 Å². The molecule has 6 heteroatoms. The van der Waals surface area contributed by atoms with Gasteiger partial charge in [-0.15, -0.1) is 22.7 Å². The zero-order valence-electron chi connectivity index (χ0n) is 24.2. The van der Waals surface area contributed by atoms with Crippen molar-refractivity contribution < 1.29 is 0 Å². The Kier molecular flexibility index (Phi) is 10.6. The lowest BCUT2D eigenvalue weighted by atomic mass is 9.95. The largest absolute Gasteiger partial charge is 0.192 e. The van der Waals surface area contributed by atoms with E-state index in [4.69, 9.17) is 0 Å². The Labute approximate surface area is 275 Å². The third-order valence-electron chi connectivity index (χ3n) is 8.02. The molecule has 0 unspecified atom stereocenters. The Morgan fingerprint density at radius 1 is 0.619 bits per heavy atom. The van der Waals surface area contributed by atoms with E-state index in [9.17, 15) is 10.5 Å². The highest BCUT2D eigenvalue weighted by atomic mass is 79.9. The molecule has 0 amide bonds. The maximum atomic E-state index is 10.0. The van der Waals surface area contributed by atoms with E-state index in [1.54, 1.807) is 22.7 Å². The molecule has 2 aromatic carbocycles. The van der Waals surface area contributed by atoms with E-state index < -0.39 is 0 Å². The van der Waals surface area contributed by atoms with Crippen LogP contribution in [0.2, 0.25) is 0 Å². The Bertz CT molecular complexity index is 1590. The minimum atomic E-state index is 0.170. The van der Waals surface area contributed by atoms with Crippen LogP contribution in [0, 0.1) is 22.7 Å². The van der Waals surface area contributed by atoms with E-state index in [0.717, 1.165) is 59.4 Å². The first-order chi connectivity index (χ1) is 20.5. The van der Waals surface area contributed by atoms with Crippen molar-refractivity contribution in [1.29, 1.82) is 10.5 Å². The number of benzene rings is 2. The summed E-state index contributed by atoms with van der Waals surface area (Å²) >= 11 is 11.0. The summed E-state index contributed by atoms with van der Waals surface area (Å²) in [5.41, 5.74) is 10.1. The van der Waals surface area contributed by atoms with Gasteiger partial charge in [-0.05, 0) is 126 Å². The maximum absolute atomic E-state index is 10.0. The number of thiophene rings is 2. The fraction of sp³-hybridized carbons (Fsp3) is 0.333. The highest BCUT2D eigenvalue weighted by Crippen LogP contribution is 2.50. The van der Waals surface area contributed by atoms with Crippen LogP contribution in [-0.2, 0) is 12.8 Å². The number of hydrogen-bond donors (Lipinski definition) is 0. The van der Waals surface area contributed by atoms with Gasteiger partial charge in [0.1, 0.15) is 17.7 Å². The Morgan fingerprint density at radius 3 is 1.48 bits per heavy atom. The number of unbranched alkanes of at least 4 members (excludes halogenated alkanes) is 6. The minimum Gasteiger partial charge on any atom is -0.192 e. The van der Waals surface area contributed by atoms with Crippen LogP contribution in [0.25, 0.3) is 37.6 Å². The average Bonchev–Trinajstić information content (AvgIpc) is 3.66. The van der Waals surface area contributed by atoms with Crippen molar-refractivity contribution in [3.05, 3.63) is 83.9 Å². The Hall–Kier alpha value is -2.48. The fourth-order valence-corrected chi connectivity index (χ4v) is 9.33. The monoisotopic (exact) mass is 716 g/mol. The Balaban J connectivity index is 1.55. The van der Waals surface area contributed by atoms with Gasteiger partial charge in [0.25, 0.3) is 0 Å². The summed E-state index contributed by atoms with van der Waals surface area (Å²) in [7, 11) is 0. The van der Waals surface area contributed by atoms with E-state index in [1.165, 1.54) is 72.2 Å². The van der Waals surface area contributed by atoms with Crippen molar-refractivity contribution in [3.8, 4) is 44.1 Å². The molecular formula is C36H34Br2N2S2. The molecule has 42 heavy (non-hydrogen) atoms. The van der Waals surface area contributed by atoms with Crippen molar-refractivity contribution in [2.24, 2.45) is 0 Å². The molecule has 0 fully saturated rings. The molecule has 0 bridgehead atoms. The third kappa shape index (κ3) is 6.53. The minimum absolute atomic E-state index is 0.170. The predicted octanol–water partition coefficient (Wildman–Crippen LogP) is 12.7. The summed E-state index contributed by atoms with van der Waals surface area (Å²) in [6.07, 6.45) is 11.9. The Morgan fingerprint density at radius 2 is 1.07 bits per heavy atom. The van der Waals surface area contributed by atoms with Crippen LogP contribution in [0.5, 0.6) is 0 Å². The topological polar surface area (TPSA) is 47.6 Å². The molecule has 2 aromatic heterocycles. The molecule has 0 aliphatic heterocycles. The van der Waals surface area contributed by atoms with Gasteiger partial charge in [0.2, 0.25) is 0 Å². The third-order valence-corrected chi connectivity index (χ3v) is 11.5. The van der Waals surface area contributed by atoms with Crippen LogP contribution >= 0.6 is 54.5 Å². The van der Waals surface area contributed by atoms with Gasteiger partial charge in [0, 0.05) is 15.3 Å². The molecule has 0 N–H and O–H groups in total. The maximum Gasteiger partial charge on any atom is 0.138 e. The molecule has 0 saturated heterocycles. The molecule has 0 saturated carbocycles. The molecule has 2 heterocycles. The average molecular weight is 719 g/mol. The number of aryl methyl sites for hydroxylation is 2. The van der Waals surface area contributed by atoms with Crippen molar-refractivity contribution in [1.82, 2.24) is 0 Å². The zero-order chi connectivity index (χ0) is 29.6. The molecule has 0 radical (unpaired) electrons. The van der Waals surface area contributed by atoms with Crippen molar-refractivity contribution >= 4 is 60.1 Å². The van der Waals surface area contributed by atoms with Crippen LogP contribution in [0.15, 0.2) is 61.7 Å².